The first-order chi connectivity index (χ1) is 10.2. The topological polar surface area (TPSA) is 49.3 Å². The van der Waals surface area contributed by atoms with Gasteiger partial charge in [-0.3, -0.25) is 4.79 Å². The second-order valence-corrected chi connectivity index (χ2v) is 6.20. The number of thiophene rings is 1. The van der Waals surface area contributed by atoms with Crippen LogP contribution in [0.2, 0.25) is 0 Å². The first-order valence-corrected chi connectivity index (χ1v) is 8.08. The van der Waals surface area contributed by atoms with Gasteiger partial charge in [-0.25, -0.2) is 0 Å². The molecule has 0 radical (unpaired) electrons. The largest absolute Gasteiger partial charge is 0.481 e. The molecule has 0 aliphatic rings. The van der Waals surface area contributed by atoms with Crippen LogP contribution in [0, 0.1) is 0 Å². The number of nitrogens with one attached hydrogen (secondary N) is 1. The fourth-order valence-electron chi connectivity index (χ4n) is 2.36. The summed E-state index contributed by atoms with van der Waals surface area (Å²) in [4.78, 5) is 12.1. The van der Waals surface area contributed by atoms with Crippen molar-refractivity contribution in [3.8, 4) is 0 Å². The molecular formula is C17H21NO2S. The summed E-state index contributed by atoms with van der Waals surface area (Å²) in [6.45, 7) is 3.01. The van der Waals surface area contributed by atoms with Crippen molar-refractivity contribution in [2.45, 2.75) is 31.7 Å². The van der Waals surface area contributed by atoms with Crippen LogP contribution >= 0.6 is 11.3 Å². The minimum Gasteiger partial charge on any atom is -0.481 e. The van der Waals surface area contributed by atoms with Crippen molar-refractivity contribution < 1.29 is 9.90 Å². The number of carboxylic acid groups (broad SMARTS) is 1. The highest BCUT2D eigenvalue weighted by Gasteiger charge is 2.16. The lowest BCUT2D eigenvalue weighted by Crippen LogP contribution is -2.25. The first-order valence-electron chi connectivity index (χ1n) is 7.20. The third-order valence-corrected chi connectivity index (χ3v) is 4.59. The minimum absolute atomic E-state index is 0.0922. The molecule has 1 heterocycles. The lowest BCUT2D eigenvalue weighted by molar-refractivity contribution is -0.137. The van der Waals surface area contributed by atoms with Gasteiger partial charge in [-0.05, 0) is 35.9 Å². The van der Waals surface area contributed by atoms with Crippen LogP contribution in [0.25, 0.3) is 0 Å². The van der Waals surface area contributed by atoms with Gasteiger partial charge in [0.05, 0.1) is 12.5 Å². The average molecular weight is 303 g/mol. The summed E-state index contributed by atoms with van der Waals surface area (Å²) in [6, 6.07) is 14.3. The Balaban J connectivity index is 1.86. The van der Waals surface area contributed by atoms with E-state index in [1.807, 2.05) is 23.6 Å². The quantitative estimate of drug-likeness (QED) is 0.773. The molecule has 2 unspecified atom stereocenters. The normalized spacial score (nSPS) is 13.8. The summed E-state index contributed by atoms with van der Waals surface area (Å²) in [7, 11) is 0. The molecule has 4 heteroatoms. The molecule has 0 amide bonds. The maximum Gasteiger partial charge on any atom is 0.305 e. The third-order valence-electron chi connectivity index (χ3n) is 3.60. The summed E-state index contributed by atoms with van der Waals surface area (Å²) < 4.78 is 0. The van der Waals surface area contributed by atoms with E-state index in [2.05, 4.69) is 36.5 Å². The Labute approximate surface area is 129 Å². The molecule has 2 rings (SSSR count). The molecule has 0 aliphatic carbocycles. The van der Waals surface area contributed by atoms with E-state index in [0.717, 1.165) is 17.8 Å². The van der Waals surface area contributed by atoms with E-state index in [1.165, 1.54) is 5.56 Å². The molecule has 2 atom stereocenters. The molecule has 0 bridgehead atoms. The molecule has 0 saturated heterocycles. The monoisotopic (exact) mass is 303 g/mol. The molecule has 2 aromatic rings. The summed E-state index contributed by atoms with van der Waals surface area (Å²) in [6.07, 6.45) is 1.12. The fraction of sp³-hybridized carbons (Fsp3) is 0.353. The number of carboxylic acids is 1. The van der Waals surface area contributed by atoms with Gasteiger partial charge in [-0.1, -0.05) is 43.3 Å². The van der Waals surface area contributed by atoms with E-state index in [0.29, 0.717) is 5.92 Å². The Morgan fingerprint density at radius 3 is 2.62 bits per heavy atom. The molecular weight excluding hydrogens is 282 g/mol. The van der Waals surface area contributed by atoms with E-state index in [-0.39, 0.29) is 12.5 Å². The van der Waals surface area contributed by atoms with Gasteiger partial charge in [-0.15, -0.1) is 11.3 Å². The molecule has 2 N–H and O–H groups in total. The van der Waals surface area contributed by atoms with Gasteiger partial charge in [0, 0.05) is 4.88 Å². The lowest BCUT2D eigenvalue weighted by atomic mass is 9.98. The van der Waals surface area contributed by atoms with Crippen LogP contribution in [-0.2, 0) is 4.79 Å². The van der Waals surface area contributed by atoms with E-state index >= 15 is 0 Å². The van der Waals surface area contributed by atoms with Crippen molar-refractivity contribution in [2.24, 2.45) is 0 Å². The van der Waals surface area contributed by atoms with Crippen LogP contribution in [0.1, 0.15) is 42.2 Å². The first kappa shape index (κ1) is 15.7. The molecule has 21 heavy (non-hydrogen) atoms. The van der Waals surface area contributed by atoms with Crippen molar-refractivity contribution in [1.82, 2.24) is 5.32 Å². The summed E-state index contributed by atoms with van der Waals surface area (Å²) >= 11 is 1.60. The summed E-state index contributed by atoms with van der Waals surface area (Å²) in [5.41, 5.74) is 1.32. The third kappa shape index (κ3) is 4.99. The molecule has 0 fully saturated rings. The molecule has 0 aliphatic heterocycles. The van der Waals surface area contributed by atoms with Crippen molar-refractivity contribution in [2.75, 3.05) is 6.54 Å². The second-order valence-electron chi connectivity index (χ2n) is 5.22. The van der Waals surface area contributed by atoms with Crippen molar-refractivity contribution >= 4 is 17.3 Å². The highest BCUT2D eigenvalue weighted by atomic mass is 32.1. The zero-order chi connectivity index (χ0) is 15.1. The highest BCUT2D eigenvalue weighted by Crippen LogP contribution is 2.23. The van der Waals surface area contributed by atoms with E-state index < -0.39 is 5.97 Å². The van der Waals surface area contributed by atoms with E-state index in [4.69, 9.17) is 5.11 Å². The lowest BCUT2D eigenvalue weighted by Gasteiger charge is -2.18. The molecule has 3 nitrogen and oxygen atoms in total. The average Bonchev–Trinajstić information content (AvgIpc) is 3.00. The highest BCUT2D eigenvalue weighted by molar-refractivity contribution is 7.10. The Morgan fingerprint density at radius 1 is 1.24 bits per heavy atom. The maximum atomic E-state index is 11.0. The molecule has 112 valence electrons. The Kier molecular flexibility index (Phi) is 5.96. The Morgan fingerprint density at radius 2 is 2.00 bits per heavy atom. The van der Waals surface area contributed by atoms with E-state index in [1.54, 1.807) is 11.3 Å². The van der Waals surface area contributed by atoms with Gasteiger partial charge in [0.25, 0.3) is 0 Å². The summed E-state index contributed by atoms with van der Waals surface area (Å²) in [5.74, 6) is -0.301. The summed E-state index contributed by atoms with van der Waals surface area (Å²) in [5, 5.41) is 14.4. The molecule has 0 saturated carbocycles. The van der Waals surface area contributed by atoms with Crippen LogP contribution in [0.3, 0.4) is 0 Å². The number of rotatable bonds is 8. The number of carbonyl (C=O) groups is 1. The standard InChI is InChI=1S/C17H21NO2S/c1-13(14-6-3-2-4-7-14)9-10-18-15(12-17(19)20)16-8-5-11-21-16/h2-8,11,13,15,18H,9-10,12H2,1H3,(H,19,20). The molecule has 1 aromatic carbocycles. The van der Waals surface area contributed by atoms with Gasteiger partial charge in [0.2, 0.25) is 0 Å². The SMILES string of the molecule is CC(CCNC(CC(=O)O)c1cccs1)c1ccccc1. The Hall–Kier alpha value is -1.65. The molecule has 0 spiro atoms. The zero-order valence-corrected chi connectivity index (χ0v) is 13.0. The maximum absolute atomic E-state index is 11.0. The predicted molar refractivity (Wildman–Crippen MR) is 86.8 cm³/mol. The van der Waals surface area contributed by atoms with Gasteiger partial charge in [0.15, 0.2) is 0 Å². The van der Waals surface area contributed by atoms with Crippen LogP contribution < -0.4 is 5.32 Å². The van der Waals surface area contributed by atoms with E-state index in [9.17, 15) is 4.79 Å². The van der Waals surface area contributed by atoms with Crippen molar-refractivity contribution in [3.05, 3.63) is 58.3 Å². The molecule has 1 aromatic heterocycles. The number of benzene rings is 1. The van der Waals surface area contributed by atoms with Gasteiger partial charge < -0.3 is 10.4 Å². The smallest absolute Gasteiger partial charge is 0.305 e. The zero-order valence-electron chi connectivity index (χ0n) is 12.2. The second kappa shape index (κ2) is 7.96. The van der Waals surface area contributed by atoms with Gasteiger partial charge >= 0.3 is 5.97 Å². The fourth-order valence-corrected chi connectivity index (χ4v) is 3.16. The van der Waals surface area contributed by atoms with Crippen LogP contribution in [-0.4, -0.2) is 17.6 Å². The predicted octanol–water partition coefficient (Wildman–Crippen LogP) is 4.05. The van der Waals surface area contributed by atoms with Crippen LogP contribution in [0.15, 0.2) is 47.8 Å². The van der Waals surface area contributed by atoms with Crippen LogP contribution in [0.4, 0.5) is 0 Å². The number of hydrogen-bond acceptors (Lipinski definition) is 3. The number of aliphatic carboxylic acids is 1. The van der Waals surface area contributed by atoms with Gasteiger partial charge in [0.1, 0.15) is 0 Å². The van der Waals surface area contributed by atoms with Crippen molar-refractivity contribution in [1.29, 1.82) is 0 Å². The van der Waals surface area contributed by atoms with Crippen molar-refractivity contribution in [3.63, 3.8) is 0 Å². The van der Waals surface area contributed by atoms with Gasteiger partial charge in [-0.2, -0.15) is 0 Å². The minimum atomic E-state index is -0.767. The van der Waals surface area contributed by atoms with Crippen LogP contribution in [0.5, 0.6) is 0 Å². The number of hydrogen-bond donors (Lipinski definition) is 2. The Bertz CT molecular complexity index is 539.